The third-order valence-electron chi connectivity index (χ3n) is 2.06. The van der Waals surface area contributed by atoms with Crippen molar-refractivity contribution in [2.75, 3.05) is 13.6 Å². The Balaban J connectivity index is 2.58. The van der Waals surface area contributed by atoms with Gasteiger partial charge in [0.2, 0.25) is 0 Å². The molecule has 0 atom stereocenters. The van der Waals surface area contributed by atoms with Gasteiger partial charge in [-0.2, -0.15) is 0 Å². The molecule has 13 heavy (non-hydrogen) atoms. The molecule has 3 heteroatoms. The molecule has 1 aromatic heterocycles. The summed E-state index contributed by atoms with van der Waals surface area (Å²) < 4.78 is 1.58. The molecule has 0 aliphatic carbocycles. The van der Waals surface area contributed by atoms with E-state index in [4.69, 9.17) is 0 Å². The van der Waals surface area contributed by atoms with E-state index in [1.165, 1.54) is 0 Å². The summed E-state index contributed by atoms with van der Waals surface area (Å²) >= 11 is 0. The molecule has 0 fully saturated rings. The maximum absolute atomic E-state index is 11.2. The highest BCUT2D eigenvalue weighted by Gasteiger charge is 1.94. The fourth-order valence-corrected chi connectivity index (χ4v) is 1.21. The Labute approximate surface area is 78.4 Å². The molecular weight excluding hydrogens is 164 g/mol. The Morgan fingerprint density at radius 2 is 2.31 bits per heavy atom. The lowest BCUT2D eigenvalue weighted by atomic mass is 10.1. The minimum Gasteiger partial charge on any atom is -0.320 e. The minimum absolute atomic E-state index is 0.0713. The lowest BCUT2D eigenvalue weighted by Gasteiger charge is -2.01. The predicted octanol–water partition coefficient (Wildman–Crippen LogP) is 0.537. The summed E-state index contributed by atoms with van der Waals surface area (Å²) in [6, 6.07) is 3.70. The van der Waals surface area contributed by atoms with Crippen LogP contribution in [0, 0.1) is 0 Å². The van der Waals surface area contributed by atoms with Gasteiger partial charge in [0, 0.05) is 19.3 Å². The van der Waals surface area contributed by atoms with Gasteiger partial charge < -0.3 is 9.88 Å². The van der Waals surface area contributed by atoms with E-state index in [-0.39, 0.29) is 5.56 Å². The average molecular weight is 180 g/mol. The van der Waals surface area contributed by atoms with Crippen molar-refractivity contribution in [2.24, 2.45) is 7.05 Å². The fourth-order valence-electron chi connectivity index (χ4n) is 1.21. The Bertz CT molecular complexity index is 317. The lowest BCUT2D eigenvalue weighted by Crippen LogP contribution is -2.15. The van der Waals surface area contributed by atoms with Gasteiger partial charge in [-0.15, -0.1) is 0 Å². The SMILES string of the molecule is CNCCCc1ccn(C)c(=O)c1. The number of rotatable bonds is 4. The molecule has 3 nitrogen and oxygen atoms in total. The minimum atomic E-state index is 0.0713. The molecule has 1 rings (SSSR count). The van der Waals surface area contributed by atoms with E-state index in [1.807, 2.05) is 19.3 Å². The number of aryl methyl sites for hydroxylation is 2. The van der Waals surface area contributed by atoms with Crippen molar-refractivity contribution in [2.45, 2.75) is 12.8 Å². The Morgan fingerprint density at radius 3 is 2.92 bits per heavy atom. The second-order valence-corrected chi connectivity index (χ2v) is 3.19. The monoisotopic (exact) mass is 180 g/mol. The summed E-state index contributed by atoms with van der Waals surface area (Å²) in [5.41, 5.74) is 1.19. The lowest BCUT2D eigenvalue weighted by molar-refractivity contribution is 0.721. The van der Waals surface area contributed by atoms with Gasteiger partial charge in [-0.05, 0) is 38.1 Å². The first-order valence-corrected chi connectivity index (χ1v) is 4.54. The first-order valence-electron chi connectivity index (χ1n) is 4.54. The van der Waals surface area contributed by atoms with Gasteiger partial charge in [0.05, 0.1) is 0 Å². The van der Waals surface area contributed by atoms with E-state index in [0.717, 1.165) is 24.9 Å². The molecule has 0 bridgehead atoms. The van der Waals surface area contributed by atoms with Crippen LogP contribution < -0.4 is 10.9 Å². The van der Waals surface area contributed by atoms with E-state index >= 15 is 0 Å². The molecule has 0 unspecified atom stereocenters. The zero-order chi connectivity index (χ0) is 9.68. The number of aromatic nitrogens is 1. The quantitative estimate of drug-likeness (QED) is 0.686. The molecule has 0 amide bonds. The Morgan fingerprint density at radius 1 is 1.54 bits per heavy atom. The highest BCUT2D eigenvalue weighted by molar-refractivity contribution is 5.10. The van der Waals surface area contributed by atoms with Gasteiger partial charge in [-0.1, -0.05) is 0 Å². The summed E-state index contributed by atoms with van der Waals surface area (Å²) in [6.07, 6.45) is 3.86. The largest absolute Gasteiger partial charge is 0.320 e. The molecule has 1 aromatic rings. The molecule has 72 valence electrons. The molecule has 0 aliphatic heterocycles. The first kappa shape index (κ1) is 9.99. The fraction of sp³-hybridized carbons (Fsp3) is 0.500. The second-order valence-electron chi connectivity index (χ2n) is 3.19. The van der Waals surface area contributed by atoms with Crippen molar-refractivity contribution in [3.05, 3.63) is 34.2 Å². The molecule has 0 aromatic carbocycles. The number of pyridine rings is 1. The van der Waals surface area contributed by atoms with Gasteiger partial charge in [0.25, 0.3) is 5.56 Å². The highest BCUT2D eigenvalue weighted by atomic mass is 16.1. The van der Waals surface area contributed by atoms with Crippen LogP contribution in [0.4, 0.5) is 0 Å². The van der Waals surface area contributed by atoms with Crippen molar-refractivity contribution in [3.63, 3.8) is 0 Å². The van der Waals surface area contributed by atoms with Crippen molar-refractivity contribution >= 4 is 0 Å². The van der Waals surface area contributed by atoms with Crippen LogP contribution in [0.25, 0.3) is 0 Å². The van der Waals surface area contributed by atoms with Crippen LogP contribution in [0.15, 0.2) is 23.1 Å². The highest BCUT2D eigenvalue weighted by Crippen LogP contribution is 1.97. The summed E-state index contributed by atoms with van der Waals surface area (Å²) in [7, 11) is 3.70. The maximum Gasteiger partial charge on any atom is 0.250 e. The van der Waals surface area contributed by atoms with Crippen molar-refractivity contribution < 1.29 is 0 Å². The molecule has 0 spiro atoms. The predicted molar refractivity (Wildman–Crippen MR) is 53.9 cm³/mol. The third kappa shape index (κ3) is 3.03. The van der Waals surface area contributed by atoms with E-state index < -0.39 is 0 Å². The van der Waals surface area contributed by atoms with Crippen molar-refractivity contribution in [1.29, 1.82) is 0 Å². The van der Waals surface area contributed by atoms with Crippen LogP contribution in [0.3, 0.4) is 0 Å². The third-order valence-corrected chi connectivity index (χ3v) is 2.06. The van der Waals surface area contributed by atoms with Crippen LogP contribution >= 0.6 is 0 Å². The summed E-state index contributed by atoms with van der Waals surface area (Å²) in [4.78, 5) is 11.2. The zero-order valence-electron chi connectivity index (χ0n) is 8.21. The van der Waals surface area contributed by atoms with Crippen LogP contribution in [-0.2, 0) is 13.5 Å². The van der Waals surface area contributed by atoms with Crippen LogP contribution in [0.1, 0.15) is 12.0 Å². The second kappa shape index (κ2) is 4.82. The normalized spacial score (nSPS) is 10.3. The van der Waals surface area contributed by atoms with Gasteiger partial charge in [0.15, 0.2) is 0 Å². The Hall–Kier alpha value is -1.09. The van der Waals surface area contributed by atoms with E-state index in [1.54, 1.807) is 17.7 Å². The zero-order valence-corrected chi connectivity index (χ0v) is 8.21. The van der Waals surface area contributed by atoms with Gasteiger partial charge in [-0.3, -0.25) is 4.79 Å². The molecule has 0 aliphatic rings. The van der Waals surface area contributed by atoms with Crippen LogP contribution in [0.5, 0.6) is 0 Å². The molecule has 0 radical (unpaired) electrons. The van der Waals surface area contributed by atoms with Crippen LogP contribution in [-0.4, -0.2) is 18.2 Å². The van der Waals surface area contributed by atoms with Crippen LogP contribution in [0.2, 0.25) is 0 Å². The summed E-state index contributed by atoms with van der Waals surface area (Å²) in [5, 5.41) is 3.08. The van der Waals surface area contributed by atoms with Gasteiger partial charge >= 0.3 is 0 Å². The molecular formula is C10H16N2O. The van der Waals surface area contributed by atoms with Crippen molar-refractivity contribution in [1.82, 2.24) is 9.88 Å². The summed E-state index contributed by atoms with van der Waals surface area (Å²) in [6.45, 7) is 0.995. The number of hydrogen-bond acceptors (Lipinski definition) is 2. The molecule has 0 saturated heterocycles. The van der Waals surface area contributed by atoms with E-state index in [0.29, 0.717) is 0 Å². The number of nitrogens with zero attached hydrogens (tertiary/aromatic N) is 1. The summed E-state index contributed by atoms with van der Waals surface area (Å²) in [5.74, 6) is 0. The number of nitrogens with one attached hydrogen (secondary N) is 1. The average Bonchev–Trinajstić information content (AvgIpc) is 2.12. The maximum atomic E-state index is 11.2. The first-order chi connectivity index (χ1) is 6.24. The standard InChI is InChI=1S/C10H16N2O/c1-11-6-3-4-9-5-7-12(2)10(13)8-9/h5,7-8,11H,3-4,6H2,1-2H3. The molecule has 1 heterocycles. The van der Waals surface area contributed by atoms with Crippen molar-refractivity contribution in [3.8, 4) is 0 Å². The van der Waals surface area contributed by atoms with E-state index in [9.17, 15) is 4.79 Å². The van der Waals surface area contributed by atoms with Gasteiger partial charge in [0.1, 0.15) is 0 Å². The number of hydrogen-bond donors (Lipinski definition) is 1. The smallest absolute Gasteiger partial charge is 0.250 e. The van der Waals surface area contributed by atoms with Gasteiger partial charge in [-0.25, -0.2) is 0 Å². The Kier molecular flexibility index (Phi) is 3.71. The molecule has 0 saturated carbocycles. The van der Waals surface area contributed by atoms with E-state index in [2.05, 4.69) is 5.32 Å². The topological polar surface area (TPSA) is 34.0 Å². The molecule has 1 N–H and O–H groups in total.